The first-order valence-electron chi connectivity index (χ1n) is 9.01. The van der Waals surface area contributed by atoms with E-state index in [0.717, 1.165) is 48.9 Å². The fourth-order valence-electron chi connectivity index (χ4n) is 3.80. The van der Waals surface area contributed by atoms with E-state index in [1.165, 1.54) is 12.1 Å². The van der Waals surface area contributed by atoms with Crippen molar-refractivity contribution >= 4 is 0 Å². The van der Waals surface area contributed by atoms with Gasteiger partial charge >= 0.3 is 0 Å². The van der Waals surface area contributed by atoms with Crippen molar-refractivity contribution in [1.82, 2.24) is 15.4 Å². The van der Waals surface area contributed by atoms with E-state index in [0.29, 0.717) is 18.1 Å². The average Bonchev–Trinajstić information content (AvgIpc) is 3.30. The molecule has 1 aliphatic carbocycles. The topological polar surface area (TPSA) is 74.9 Å². The van der Waals surface area contributed by atoms with Crippen LogP contribution in [0, 0.1) is 11.7 Å². The van der Waals surface area contributed by atoms with Gasteiger partial charge in [0, 0.05) is 18.7 Å². The molecule has 5 nitrogen and oxygen atoms in total. The normalized spacial score (nSPS) is 23.2. The minimum absolute atomic E-state index is 0.200. The number of aromatic nitrogens is 3. The van der Waals surface area contributed by atoms with Crippen LogP contribution in [0.3, 0.4) is 0 Å². The van der Waals surface area contributed by atoms with Crippen LogP contribution >= 0.6 is 0 Å². The fourth-order valence-corrected chi connectivity index (χ4v) is 3.80. The van der Waals surface area contributed by atoms with Gasteiger partial charge in [0.15, 0.2) is 5.76 Å². The van der Waals surface area contributed by atoms with E-state index in [1.54, 1.807) is 12.4 Å². The van der Waals surface area contributed by atoms with Gasteiger partial charge in [-0.05, 0) is 55.7 Å². The second-order valence-electron chi connectivity index (χ2n) is 7.34. The van der Waals surface area contributed by atoms with E-state index in [-0.39, 0.29) is 5.82 Å². The van der Waals surface area contributed by atoms with Crippen molar-refractivity contribution in [1.29, 1.82) is 0 Å². The Bertz CT molecular complexity index is 834. The Morgan fingerprint density at radius 3 is 2.69 bits per heavy atom. The number of hydrogen-bond acceptors (Lipinski definition) is 4. The zero-order valence-corrected chi connectivity index (χ0v) is 14.5. The summed E-state index contributed by atoms with van der Waals surface area (Å²) in [7, 11) is 0. The number of rotatable bonds is 5. The van der Waals surface area contributed by atoms with Gasteiger partial charge in [0.05, 0.1) is 23.1 Å². The van der Waals surface area contributed by atoms with Crippen LogP contribution in [0.5, 0.6) is 0 Å². The second kappa shape index (κ2) is 7.03. The summed E-state index contributed by atoms with van der Waals surface area (Å²) >= 11 is 0. The molecule has 0 unspecified atom stereocenters. The molecule has 1 fully saturated rings. The maximum atomic E-state index is 13.0. The minimum Gasteiger partial charge on any atom is -0.389 e. The highest BCUT2D eigenvalue weighted by Gasteiger charge is 2.34. The van der Waals surface area contributed by atoms with E-state index >= 15 is 0 Å². The molecule has 26 heavy (non-hydrogen) atoms. The number of H-pyrrole nitrogens is 1. The summed E-state index contributed by atoms with van der Waals surface area (Å²) in [6.07, 6.45) is 8.27. The lowest BCUT2D eigenvalue weighted by molar-refractivity contribution is -0.0100. The fraction of sp³-hybridized carbons (Fsp3) is 0.400. The molecule has 4 rings (SSSR count). The van der Waals surface area contributed by atoms with Crippen molar-refractivity contribution in [3.8, 4) is 11.3 Å². The zero-order valence-electron chi connectivity index (χ0n) is 14.5. The van der Waals surface area contributed by atoms with Crippen LogP contribution in [0.1, 0.15) is 36.9 Å². The molecule has 0 atom stereocenters. The van der Waals surface area contributed by atoms with E-state index < -0.39 is 5.60 Å². The molecule has 0 saturated heterocycles. The predicted octanol–water partition coefficient (Wildman–Crippen LogP) is 3.91. The van der Waals surface area contributed by atoms with Crippen molar-refractivity contribution < 1.29 is 14.0 Å². The molecule has 2 heterocycles. The van der Waals surface area contributed by atoms with Gasteiger partial charge < -0.3 is 9.63 Å². The Morgan fingerprint density at radius 2 is 2.00 bits per heavy atom. The van der Waals surface area contributed by atoms with E-state index in [1.807, 2.05) is 18.2 Å². The molecule has 136 valence electrons. The van der Waals surface area contributed by atoms with Crippen LogP contribution in [-0.4, -0.2) is 26.1 Å². The number of nitrogens with one attached hydrogen (secondary N) is 1. The smallest absolute Gasteiger partial charge is 0.170 e. The van der Waals surface area contributed by atoms with Crippen LogP contribution < -0.4 is 0 Å². The molecule has 1 aromatic carbocycles. The first kappa shape index (κ1) is 17.0. The summed E-state index contributed by atoms with van der Waals surface area (Å²) in [6, 6.07) is 8.59. The second-order valence-corrected chi connectivity index (χ2v) is 7.34. The van der Waals surface area contributed by atoms with E-state index in [4.69, 9.17) is 4.52 Å². The molecule has 0 bridgehead atoms. The Hall–Kier alpha value is -2.47. The Kier molecular flexibility index (Phi) is 4.59. The van der Waals surface area contributed by atoms with Gasteiger partial charge in [0.25, 0.3) is 0 Å². The number of benzene rings is 1. The van der Waals surface area contributed by atoms with Gasteiger partial charge in [0.2, 0.25) is 0 Å². The Morgan fingerprint density at radius 1 is 1.23 bits per heavy atom. The molecule has 1 saturated carbocycles. The van der Waals surface area contributed by atoms with Crippen LogP contribution in [0.25, 0.3) is 11.3 Å². The number of hydrogen-bond donors (Lipinski definition) is 2. The average molecular weight is 355 g/mol. The molecule has 0 spiro atoms. The summed E-state index contributed by atoms with van der Waals surface area (Å²) < 4.78 is 18.4. The van der Waals surface area contributed by atoms with Gasteiger partial charge in [-0.1, -0.05) is 17.3 Å². The molecule has 2 aromatic heterocycles. The molecule has 6 heteroatoms. The summed E-state index contributed by atoms with van der Waals surface area (Å²) in [5.41, 5.74) is 2.03. The lowest BCUT2D eigenvalue weighted by Crippen LogP contribution is -2.36. The maximum absolute atomic E-state index is 13.0. The van der Waals surface area contributed by atoms with Gasteiger partial charge in [0.1, 0.15) is 5.82 Å². The molecule has 0 amide bonds. The molecule has 0 radical (unpaired) electrons. The van der Waals surface area contributed by atoms with E-state index in [9.17, 15) is 9.50 Å². The zero-order chi connectivity index (χ0) is 18.0. The van der Waals surface area contributed by atoms with Crippen molar-refractivity contribution in [2.24, 2.45) is 5.92 Å². The third-order valence-corrected chi connectivity index (χ3v) is 5.33. The van der Waals surface area contributed by atoms with Gasteiger partial charge in [-0.2, -0.15) is 5.10 Å². The van der Waals surface area contributed by atoms with Crippen LogP contribution in [0.2, 0.25) is 0 Å². The standard InChI is InChI=1S/C20H22FN3O2/c21-17-3-1-14(2-4-17)9-15-5-7-20(25,8-6-15)11-18-10-19(26-24-18)16-12-22-23-13-16/h1-4,10,12-13,15,25H,5-9,11H2,(H,22,23). The van der Waals surface area contributed by atoms with Crippen LogP contribution in [0.15, 0.2) is 47.2 Å². The first-order chi connectivity index (χ1) is 12.6. The summed E-state index contributed by atoms with van der Waals surface area (Å²) in [5, 5.41) is 21.7. The highest BCUT2D eigenvalue weighted by Crippen LogP contribution is 2.36. The van der Waals surface area contributed by atoms with Gasteiger partial charge in [-0.25, -0.2) is 4.39 Å². The molecule has 2 N–H and O–H groups in total. The third kappa shape index (κ3) is 3.85. The van der Waals surface area contributed by atoms with Crippen LogP contribution in [-0.2, 0) is 12.8 Å². The maximum Gasteiger partial charge on any atom is 0.170 e. The molecular formula is C20H22FN3O2. The van der Waals surface area contributed by atoms with Crippen molar-refractivity contribution in [3.05, 3.63) is 59.8 Å². The SMILES string of the molecule is OC1(Cc2cc(-c3cn[nH]c3)on2)CCC(Cc2ccc(F)cc2)CC1. The number of halogens is 1. The third-order valence-electron chi connectivity index (χ3n) is 5.33. The number of nitrogens with zero attached hydrogens (tertiary/aromatic N) is 2. The largest absolute Gasteiger partial charge is 0.389 e. The van der Waals surface area contributed by atoms with Gasteiger partial charge in [-0.3, -0.25) is 5.10 Å². The van der Waals surface area contributed by atoms with Crippen molar-refractivity contribution in [2.45, 2.75) is 44.1 Å². The number of aliphatic hydroxyl groups is 1. The lowest BCUT2D eigenvalue weighted by Gasteiger charge is -2.35. The minimum atomic E-state index is -0.732. The lowest BCUT2D eigenvalue weighted by atomic mass is 9.75. The first-order valence-corrected chi connectivity index (χ1v) is 9.01. The van der Waals surface area contributed by atoms with Crippen molar-refractivity contribution in [3.63, 3.8) is 0 Å². The Balaban J connectivity index is 1.33. The summed E-state index contributed by atoms with van der Waals surface area (Å²) in [4.78, 5) is 0. The number of aromatic amines is 1. The molecule has 0 aliphatic heterocycles. The van der Waals surface area contributed by atoms with Crippen LogP contribution in [0.4, 0.5) is 4.39 Å². The predicted molar refractivity (Wildman–Crippen MR) is 94.8 cm³/mol. The highest BCUT2D eigenvalue weighted by molar-refractivity contribution is 5.54. The summed E-state index contributed by atoms with van der Waals surface area (Å²) in [6.45, 7) is 0. The van der Waals surface area contributed by atoms with E-state index in [2.05, 4.69) is 15.4 Å². The quantitative estimate of drug-likeness (QED) is 0.728. The summed E-state index contributed by atoms with van der Waals surface area (Å²) in [5.74, 6) is 0.982. The molecule has 3 aromatic rings. The highest BCUT2D eigenvalue weighted by atomic mass is 19.1. The Labute approximate surface area is 151 Å². The monoisotopic (exact) mass is 355 g/mol. The van der Waals surface area contributed by atoms with Gasteiger partial charge in [-0.15, -0.1) is 0 Å². The molecular weight excluding hydrogens is 333 g/mol. The molecule has 1 aliphatic rings. The van der Waals surface area contributed by atoms with Crippen molar-refractivity contribution in [2.75, 3.05) is 0 Å².